The van der Waals surface area contributed by atoms with E-state index < -0.39 is 5.60 Å². The van der Waals surface area contributed by atoms with Crippen molar-refractivity contribution in [2.24, 2.45) is 5.92 Å². The van der Waals surface area contributed by atoms with Gasteiger partial charge in [0, 0.05) is 36.9 Å². The molecule has 0 aromatic carbocycles. The normalized spacial score (nSPS) is 23.0. The lowest BCUT2D eigenvalue weighted by Crippen LogP contribution is -2.39. The van der Waals surface area contributed by atoms with Crippen molar-refractivity contribution in [2.45, 2.75) is 31.3 Å². The Morgan fingerprint density at radius 3 is 2.42 bits per heavy atom. The Morgan fingerprint density at radius 2 is 1.74 bits per heavy atom. The van der Waals surface area contributed by atoms with Crippen molar-refractivity contribution in [3.8, 4) is 11.3 Å². The first-order valence-corrected chi connectivity index (χ1v) is 10.6. The molecule has 1 saturated heterocycles. The highest BCUT2D eigenvalue weighted by molar-refractivity contribution is 5.89. The number of carbonyl (C=O) groups excluding carboxylic acids is 1. The van der Waals surface area contributed by atoms with Crippen LogP contribution >= 0.6 is 0 Å². The van der Waals surface area contributed by atoms with E-state index in [4.69, 9.17) is 4.74 Å². The molecule has 0 bridgehead atoms. The molecule has 8 nitrogen and oxygen atoms in total. The average Bonchev–Trinajstić information content (AvgIpc) is 3.16. The number of nitrogens with zero attached hydrogens (tertiary/aromatic N) is 5. The molecule has 3 aromatic rings. The fourth-order valence-electron chi connectivity index (χ4n) is 4.30. The highest BCUT2D eigenvalue weighted by Crippen LogP contribution is 2.40. The second-order valence-electron chi connectivity index (χ2n) is 8.16. The van der Waals surface area contributed by atoms with Gasteiger partial charge in [0.25, 0.3) is 0 Å². The van der Waals surface area contributed by atoms with Gasteiger partial charge in [0.2, 0.25) is 5.95 Å². The van der Waals surface area contributed by atoms with Crippen molar-refractivity contribution in [3.63, 3.8) is 0 Å². The van der Waals surface area contributed by atoms with Crippen molar-refractivity contribution < 1.29 is 9.53 Å². The lowest BCUT2D eigenvalue weighted by Gasteiger charge is -2.35. The number of nitrogens with one attached hydrogen (secondary N) is 1. The molecule has 1 spiro atoms. The molecule has 158 valence electrons. The number of hydrogen-bond donors (Lipinski definition) is 1. The fraction of sp³-hybridized carbons (Fsp3) is 0.348. The number of amides is 1. The van der Waals surface area contributed by atoms with Gasteiger partial charge >= 0.3 is 6.09 Å². The highest BCUT2D eigenvalue weighted by atomic mass is 16.6. The molecule has 2 aliphatic rings. The maximum atomic E-state index is 12.4. The third-order valence-corrected chi connectivity index (χ3v) is 6.07. The molecule has 0 unspecified atom stereocenters. The zero-order valence-electron chi connectivity index (χ0n) is 17.1. The second-order valence-corrected chi connectivity index (χ2v) is 8.16. The minimum absolute atomic E-state index is 0.295. The number of anilines is 2. The quantitative estimate of drug-likeness (QED) is 0.673. The molecular weight excluding hydrogens is 392 g/mol. The molecule has 31 heavy (non-hydrogen) atoms. The summed E-state index contributed by atoms with van der Waals surface area (Å²) in [5.41, 5.74) is 1.36. The Balaban J connectivity index is 1.14. The van der Waals surface area contributed by atoms with Crippen molar-refractivity contribution >= 4 is 17.9 Å². The summed E-state index contributed by atoms with van der Waals surface area (Å²) in [6.45, 7) is 1.37. The smallest absolute Gasteiger partial charge is 0.416 e. The van der Waals surface area contributed by atoms with E-state index in [2.05, 4.69) is 25.3 Å². The van der Waals surface area contributed by atoms with Crippen LogP contribution in [0.25, 0.3) is 11.3 Å². The van der Waals surface area contributed by atoms with E-state index in [1.165, 1.54) is 0 Å². The van der Waals surface area contributed by atoms with Gasteiger partial charge in [0.1, 0.15) is 11.4 Å². The minimum atomic E-state index is -0.397. The predicted molar refractivity (Wildman–Crippen MR) is 117 cm³/mol. The summed E-state index contributed by atoms with van der Waals surface area (Å²) in [6, 6.07) is 11.3. The molecule has 8 heteroatoms. The second kappa shape index (κ2) is 8.29. The molecule has 4 heterocycles. The van der Waals surface area contributed by atoms with E-state index in [9.17, 15) is 4.79 Å². The lowest BCUT2D eigenvalue weighted by atomic mass is 9.78. The van der Waals surface area contributed by atoms with E-state index in [1.807, 2.05) is 36.4 Å². The summed E-state index contributed by atoms with van der Waals surface area (Å²) < 4.78 is 5.82. The van der Waals surface area contributed by atoms with Gasteiger partial charge in [0.15, 0.2) is 0 Å². The number of pyridine rings is 2. The van der Waals surface area contributed by atoms with Crippen LogP contribution in [0.1, 0.15) is 25.7 Å². The van der Waals surface area contributed by atoms with Gasteiger partial charge in [0.05, 0.1) is 12.2 Å². The van der Waals surface area contributed by atoms with Gasteiger partial charge in [-0.05, 0) is 55.9 Å². The van der Waals surface area contributed by atoms with Gasteiger partial charge in [-0.25, -0.2) is 19.7 Å². The molecule has 1 aliphatic heterocycles. The summed E-state index contributed by atoms with van der Waals surface area (Å²) in [7, 11) is 0. The monoisotopic (exact) mass is 416 g/mol. The first-order chi connectivity index (χ1) is 15.2. The molecule has 1 aliphatic carbocycles. The molecule has 0 atom stereocenters. The minimum Gasteiger partial charge on any atom is -0.441 e. The van der Waals surface area contributed by atoms with Crippen LogP contribution in [-0.4, -0.2) is 44.7 Å². The van der Waals surface area contributed by atoms with Crippen molar-refractivity contribution in [2.75, 3.05) is 23.3 Å². The topological polar surface area (TPSA) is 93.1 Å². The standard InChI is InChI=1S/C23H24N6O2/c30-22-29(20-6-2-4-12-25-20)16-23(31-22)9-7-17(8-10-23)13-26-21-27-14-18(15-28-21)19-5-1-3-11-24-19/h1-6,11-12,14-15,17H,7-10,13,16H2,(H,26,27,28). The maximum Gasteiger partial charge on any atom is 0.416 e. The Hall–Kier alpha value is -3.55. The first kappa shape index (κ1) is 19.4. The van der Waals surface area contributed by atoms with Crippen LogP contribution in [0.4, 0.5) is 16.6 Å². The zero-order valence-corrected chi connectivity index (χ0v) is 17.1. The molecule has 5 rings (SSSR count). The SMILES string of the molecule is O=C1OC2(CCC(CNc3ncc(-c4ccccn4)cn3)CC2)CN1c1ccccn1. The van der Waals surface area contributed by atoms with Crippen LogP contribution < -0.4 is 10.2 Å². The van der Waals surface area contributed by atoms with Crippen LogP contribution in [0, 0.1) is 5.92 Å². The van der Waals surface area contributed by atoms with Crippen molar-refractivity contribution in [3.05, 3.63) is 61.2 Å². The molecule has 2 fully saturated rings. The van der Waals surface area contributed by atoms with Crippen LogP contribution in [0.5, 0.6) is 0 Å². The van der Waals surface area contributed by atoms with E-state index in [0.717, 1.165) is 43.5 Å². The zero-order chi connectivity index (χ0) is 21.1. The summed E-state index contributed by atoms with van der Waals surface area (Å²) in [5.74, 6) is 1.76. The van der Waals surface area contributed by atoms with Crippen LogP contribution in [0.3, 0.4) is 0 Å². The van der Waals surface area contributed by atoms with Gasteiger partial charge in [-0.15, -0.1) is 0 Å². The van der Waals surface area contributed by atoms with Gasteiger partial charge < -0.3 is 10.1 Å². The maximum absolute atomic E-state index is 12.4. The van der Waals surface area contributed by atoms with Crippen LogP contribution in [0.15, 0.2) is 61.2 Å². The third-order valence-electron chi connectivity index (χ3n) is 6.07. The summed E-state index contributed by atoms with van der Waals surface area (Å²) in [6.07, 6.45) is 10.4. The van der Waals surface area contributed by atoms with Crippen LogP contribution in [0.2, 0.25) is 0 Å². The highest BCUT2D eigenvalue weighted by Gasteiger charge is 2.47. The number of ether oxygens (including phenoxy) is 1. The summed E-state index contributed by atoms with van der Waals surface area (Å²) in [5, 5.41) is 3.34. The average molecular weight is 416 g/mol. The number of hydrogen-bond acceptors (Lipinski definition) is 7. The van der Waals surface area contributed by atoms with Gasteiger partial charge in [-0.2, -0.15) is 0 Å². The predicted octanol–water partition coefficient (Wildman–Crippen LogP) is 3.93. The Kier molecular flexibility index (Phi) is 5.19. The molecule has 1 amide bonds. The molecule has 1 saturated carbocycles. The number of rotatable bonds is 5. The number of aromatic nitrogens is 4. The molecule has 1 N–H and O–H groups in total. The largest absolute Gasteiger partial charge is 0.441 e. The Morgan fingerprint density at radius 1 is 1.00 bits per heavy atom. The molecular formula is C23H24N6O2. The summed E-state index contributed by atoms with van der Waals surface area (Å²) in [4.78, 5) is 31.5. The first-order valence-electron chi connectivity index (χ1n) is 10.6. The van der Waals surface area contributed by atoms with E-state index in [0.29, 0.717) is 24.2 Å². The Bertz CT molecular complexity index is 1020. The molecule has 3 aromatic heterocycles. The Labute approximate surface area is 180 Å². The van der Waals surface area contributed by atoms with Crippen molar-refractivity contribution in [1.82, 2.24) is 19.9 Å². The van der Waals surface area contributed by atoms with Crippen LogP contribution in [-0.2, 0) is 4.74 Å². The van der Waals surface area contributed by atoms with Gasteiger partial charge in [-0.3, -0.25) is 9.88 Å². The molecule has 0 radical (unpaired) electrons. The van der Waals surface area contributed by atoms with Crippen molar-refractivity contribution in [1.29, 1.82) is 0 Å². The van der Waals surface area contributed by atoms with E-state index in [1.54, 1.807) is 29.7 Å². The number of carbonyl (C=O) groups is 1. The van der Waals surface area contributed by atoms with E-state index in [-0.39, 0.29) is 6.09 Å². The fourth-order valence-corrected chi connectivity index (χ4v) is 4.30. The lowest BCUT2D eigenvalue weighted by molar-refractivity contribution is 0.0148. The van der Waals surface area contributed by atoms with Gasteiger partial charge in [-0.1, -0.05) is 12.1 Å². The van der Waals surface area contributed by atoms with E-state index >= 15 is 0 Å². The third kappa shape index (κ3) is 4.19. The summed E-state index contributed by atoms with van der Waals surface area (Å²) >= 11 is 0.